The number of ether oxygens (including phenoxy) is 1. The lowest BCUT2D eigenvalue weighted by atomic mass is 10.9. The van der Waals surface area contributed by atoms with E-state index in [-0.39, 0.29) is 0 Å². The van der Waals surface area contributed by atoms with Gasteiger partial charge in [-0.2, -0.15) is 0 Å². The van der Waals surface area contributed by atoms with Crippen molar-refractivity contribution in [2.75, 3.05) is 12.5 Å². The Labute approximate surface area is 70.3 Å². The van der Waals surface area contributed by atoms with Crippen LogP contribution in [0.25, 0.3) is 0 Å². The van der Waals surface area contributed by atoms with Gasteiger partial charge in [-0.25, -0.2) is 0 Å². The summed E-state index contributed by atoms with van der Waals surface area (Å²) >= 11 is 16.1. The van der Waals surface area contributed by atoms with Crippen molar-refractivity contribution in [2.45, 2.75) is 0 Å². The van der Waals surface area contributed by atoms with Crippen molar-refractivity contribution >= 4 is 40.7 Å². The predicted octanol–water partition coefficient (Wildman–Crippen LogP) is 3.50. The van der Waals surface area contributed by atoms with E-state index in [1.165, 1.54) is 6.26 Å². The number of alkyl halides is 1. The average molecular weight is 207 g/mol. The van der Waals surface area contributed by atoms with Crippen molar-refractivity contribution in [1.82, 2.24) is 0 Å². The van der Waals surface area contributed by atoms with Gasteiger partial charge in [-0.05, 0) is 0 Å². The lowest BCUT2D eigenvalue weighted by molar-refractivity contribution is 0.272. The molecule has 0 aromatic heterocycles. The Morgan fingerprint density at radius 1 is 1.44 bits per heavy atom. The number of hydrogen-bond acceptors (Lipinski definition) is 1. The lowest BCUT2D eigenvalue weighted by Crippen LogP contribution is -1.85. The first-order valence-corrected chi connectivity index (χ1v) is 5.98. The first kappa shape index (κ1) is 9.84. The fourth-order valence-corrected chi connectivity index (χ4v) is 0.745. The monoisotopic (exact) mass is 206 g/mol. The summed E-state index contributed by atoms with van der Waals surface area (Å²) in [4.78, 5) is 0. The molecule has 0 unspecified atom stereocenters. The Morgan fingerprint density at radius 2 is 2.11 bits per heavy atom. The first-order chi connectivity index (χ1) is 4.27. The van der Waals surface area contributed by atoms with Crippen molar-refractivity contribution in [3.05, 3.63) is 12.1 Å². The standard InChI is InChI=1S/C4H6Cl3OP/c5-1-2-8-3-4-9(6)7/h3-4H,1-2H2/b4-3+. The van der Waals surface area contributed by atoms with E-state index in [1.807, 2.05) is 0 Å². The Balaban J connectivity index is 3.04. The SMILES string of the molecule is ClCCO/C=C/P(Cl)Cl. The molecule has 0 atom stereocenters. The third kappa shape index (κ3) is 8.84. The summed E-state index contributed by atoms with van der Waals surface area (Å²) in [5, 5.41) is 0. The zero-order valence-electron chi connectivity index (χ0n) is 4.56. The van der Waals surface area contributed by atoms with E-state index in [2.05, 4.69) is 0 Å². The maximum atomic E-state index is 5.39. The molecule has 0 aromatic rings. The smallest absolute Gasteiger partial charge is 0.112 e. The van der Waals surface area contributed by atoms with Crippen LogP contribution in [-0.2, 0) is 4.74 Å². The minimum Gasteiger partial charge on any atom is -0.500 e. The average Bonchev–Trinajstić information content (AvgIpc) is 1.80. The lowest BCUT2D eigenvalue weighted by Gasteiger charge is -1.93. The number of hydrogen-bond donors (Lipinski definition) is 0. The van der Waals surface area contributed by atoms with Gasteiger partial charge in [-0.3, -0.25) is 0 Å². The highest BCUT2D eigenvalue weighted by Gasteiger charge is 1.87. The fourth-order valence-electron chi connectivity index (χ4n) is 0.202. The van der Waals surface area contributed by atoms with Crippen LogP contribution >= 0.6 is 40.7 Å². The van der Waals surface area contributed by atoms with Crippen LogP contribution in [0.5, 0.6) is 0 Å². The van der Waals surface area contributed by atoms with Gasteiger partial charge < -0.3 is 4.74 Å². The van der Waals surface area contributed by atoms with Gasteiger partial charge in [0, 0.05) is 5.82 Å². The summed E-state index contributed by atoms with van der Waals surface area (Å²) in [6.07, 6.45) is 1.47. The second-order valence-electron chi connectivity index (χ2n) is 1.10. The molecule has 54 valence electrons. The molecule has 0 heterocycles. The molecule has 0 N–H and O–H groups in total. The summed E-state index contributed by atoms with van der Waals surface area (Å²) in [5.74, 6) is 2.07. The Bertz CT molecular complexity index is 85.9. The minimum atomic E-state index is -1.02. The maximum Gasteiger partial charge on any atom is 0.112 e. The van der Waals surface area contributed by atoms with Crippen LogP contribution in [0.15, 0.2) is 12.1 Å². The van der Waals surface area contributed by atoms with E-state index in [0.29, 0.717) is 12.5 Å². The molecule has 0 aliphatic carbocycles. The molecule has 0 amide bonds. The van der Waals surface area contributed by atoms with Crippen LogP contribution in [0.4, 0.5) is 0 Å². The number of halogens is 3. The van der Waals surface area contributed by atoms with Crippen molar-refractivity contribution in [3.8, 4) is 0 Å². The van der Waals surface area contributed by atoms with Crippen LogP contribution in [0, 0.1) is 0 Å². The summed E-state index contributed by atoms with van der Waals surface area (Å²) in [6, 6.07) is 0. The summed E-state index contributed by atoms with van der Waals surface area (Å²) in [5.41, 5.74) is 0. The molecule has 1 nitrogen and oxygen atoms in total. The summed E-state index contributed by atoms with van der Waals surface area (Å²) in [6.45, 7) is -0.526. The molecule has 0 saturated carbocycles. The Kier molecular flexibility index (Phi) is 7.60. The van der Waals surface area contributed by atoms with E-state index in [0.717, 1.165) is 0 Å². The molecule has 0 spiro atoms. The van der Waals surface area contributed by atoms with Crippen LogP contribution in [-0.4, -0.2) is 12.5 Å². The zero-order valence-corrected chi connectivity index (χ0v) is 7.72. The third-order valence-corrected chi connectivity index (χ3v) is 1.64. The largest absolute Gasteiger partial charge is 0.500 e. The molecule has 9 heavy (non-hydrogen) atoms. The Hall–Kier alpha value is 0.840. The van der Waals surface area contributed by atoms with E-state index < -0.39 is 6.63 Å². The van der Waals surface area contributed by atoms with Gasteiger partial charge >= 0.3 is 0 Å². The molecular formula is C4H6Cl3OP. The molecule has 0 aromatic carbocycles. The molecule has 0 fully saturated rings. The second kappa shape index (κ2) is 6.95. The molecule has 0 aliphatic rings. The molecule has 0 radical (unpaired) electrons. The van der Waals surface area contributed by atoms with Crippen LogP contribution < -0.4 is 0 Å². The van der Waals surface area contributed by atoms with Crippen molar-refractivity contribution < 1.29 is 4.74 Å². The highest BCUT2D eigenvalue weighted by Crippen LogP contribution is 2.47. The van der Waals surface area contributed by atoms with E-state index in [4.69, 9.17) is 38.8 Å². The quantitative estimate of drug-likeness (QED) is 0.297. The number of rotatable bonds is 4. The summed E-state index contributed by atoms with van der Waals surface area (Å²) in [7, 11) is 0. The van der Waals surface area contributed by atoms with Gasteiger partial charge in [0.15, 0.2) is 0 Å². The van der Waals surface area contributed by atoms with Crippen LogP contribution in [0.3, 0.4) is 0 Å². The van der Waals surface area contributed by atoms with Gasteiger partial charge in [0.2, 0.25) is 0 Å². The molecule has 0 rings (SSSR count). The summed E-state index contributed by atoms with van der Waals surface area (Å²) < 4.78 is 4.83. The zero-order chi connectivity index (χ0) is 7.11. The molecule has 0 aliphatic heterocycles. The normalized spacial score (nSPS) is 11.1. The minimum absolute atomic E-state index is 0.479. The second-order valence-corrected chi connectivity index (χ2v) is 5.00. The predicted molar refractivity (Wildman–Crippen MR) is 44.4 cm³/mol. The molecule has 5 heteroatoms. The van der Waals surface area contributed by atoms with E-state index in [1.54, 1.807) is 5.82 Å². The highest BCUT2D eigenvalue weighted by molar-refractivity contribution is 8.06. The Morgan fingerprint density at radius 3 is 2.56 bits per heavy atom. The first-order valence-electron chi connectivity index (χ1n) is 2.22. The third-order valence-electron chi connectivity index (χ3n) is 0.465. The maximum absolute atomic E-state index is 5.39. The van der Waals surface area contributed by atoms with Gasteiger partial charge in [-0.15, -0.1) is 11.6 Å². The van der Waals surface area contributed by atoms with Crippen molar-refractivity contribution in [3.63, 3.8) is 0 Å². The highest BCUT2D eigenvalue weighted by atomic mass is 35.9. The van der Waals surface area contributed by atoms with E-state index in [9.17, 15) is 0 Å². The van der Waals surface area contributed by atoms with Crippen LogP contribution in [0.2, 0.25) is 0 Å². The van der Waals surface area contributed by atoms with Gasteiger partial charge in [-0.1, -0.05) is 22.5 Å². The van der Waals surface area contributed by atoms with Crippen molar-refractivity contribution in [2.24, 2.45) is 0 Å². The van der Waals surface area contributed by atoms with Gasteiger partial charge in [0.25, 0.3) is 0 Å². The van der Waals surface area contributed by atoms with E-state index >= 15 is 0 Å². The topological polar surface area (TPSA) is 9.23 Å². The molecule has 0 bridgehead atoms. The van der Waals surface area contributed by atoms with Crippen molar-refractivity contribution in [1.29, 1.82) is 0 Å². The van der Waals surface area contributed by atoms with Crippen LogP contribution in [0.1, 0.15) is 0 Å². The fraction of sp³-hybridized carbons (Fsp3) is 0.500. The molecular weight excluding hydrogens is 201 g/mol. The molecule has 0 saturated heterocycles. The van der Waals surface area contributed by atoms with Gasteiger partial charge in [0.1, 0.15) is 13.2 Å². The van der Waals surface area contributed by atoms with Gasteiger partial charge in [0.05, 0.1) is 12.1 Å².